The molecule has 166 valence electrons. The second kappa shape index (κ2) is 14.8. The number of aliphatic imine (C=N–C) groups is 1. The van der Waals surface area contributed by atoms with Crippen molar-refractivity contribution in [3.05, 3.63) is 53.5 Å². The number of aryl methyl sites for hydroxylation is 1. The molecule has 0 aliphatic rings. The summed E-state index contributed by atoms with van der Waals surface area (Å²) in [6, 6.07) is 12.9. The van der Waals surface area contributed by atoms with Gasteiger partial charge in [0.25, 0.3) is 0 Å². The maximum absolute atomic E-state index is 5.53. The standard InChI is InChI=1S/C26H41N3O/c1-4-6-7-9-19-29(20-10-8-18-27-17-5-2)25-14-12-24(13-15-25)21-28-22-26-16-11-23(3)30-26/h11-16,22,27H,4-10,17-21H2,1-3H3. The largest absolute Gasteiger partial charge is 0.460 e. The van der Waals surface area contributed by atoms with Gasteiger partial charge in [-0.1, -0.05) is 45.2 Å². The minimum atomic E-state index is 0.680. The normalized spacial score (nSPS) is 11.4. The van der Waals surface area contributed by atoms with Crippen molar-refractivity contribution in [2.45, 2.75) is 72.3 Å². The van der Waals surface area contributed by atoms with Crippen molar-refractivity contribution in [3.63, 3.8) is 0 Å². The molecule has 0 fully saturated rings. The molecule has 0 spiro atoms. The molecule has 0 aliphatic heterocycles. The third kappa shape index (κ3) is 9.62. The van der Waals surface area contributed by atoms with Gasteiger partial charge in [-0.3, -0.25) is 4.99 Å². The highest BCUT2D eigenvalue weighted by atomic mass is 16.3. The molecule has 0 unspecified atom stereocenters. The van der Waals surface area contributed by atoms with Crippen LogP contribution in [0, 0.1) is 6.92 Å². The van der Waals surface area contributed by atoms with Crippen molar-refractivity contribution < 1.29 is 4.42 Å². The monoisotopic (exact) mass is 411 g/mol. The second-order valence-electron chi connectivity index (χ2n) is 8.09. The van der Waals surface area contributed by atoms with Crippen LogP contribution < -0.4 is 10.2 Å². The molecule has 1 heterocycles. The van der Waals surface area contributed by atoms with E-state index < -0.39 is 0 Å². The molecule has 1 N–H and O–H groups in total. The number of unbranched alkanes of at least 4 members (excludes halogenated alkanes) is 4. The quantitative estimate of drug-likeness (QED) is 0.258. The summed E-state index contributed by atoms with van der Waals surface area (Å²) >= 11 is 0. The van der Waals surface area contributed by atoms with Crippen LogP contribution in [0.3, 0.4) is 0 Å². The van der Waals surface area contributed by atoms with Gasteiger partial charge in [0, 0.05) is 18.8 Å². The average Bonchev–Trinajstić information content (AvgIpc) is 3.17. The van der Waals surface area contributed by atoms with E-state index in [-0.39, 0.29) is 0 Å². The van der Waals surface area contributed by atoms with Gasteiger partial charge < -0.3 is 14.6 Å². The van der Waals surface area contributed by atoms with E-state index in [9.17, 15) is 0 Å². The van der Waals surface area contributed by atoms with E-state index in [1.54, 1.807) is 0 Å². The molecular formula is C26H41N3O. The van der Waals surface area contributed by atoms with Crippen LogP contribution in [0.15, 0.2) is 45.8 Å². The van der Waals surface area contributed by atoms with Crippen LogP contribution in [0.4, 0.5) is 5.69 Å². The van der Waals surface area contributed by atoms with Crippen LogP contribution in [-0.2, 0) is 6.54 Å². The smallest absolute Gasteiger partial charge is 0.144 e. The summed E-state index contributed by atoms with van der Waals surface area (Å²) in [7, 11) is 0. The number of furan rings is 1. The Kier molecular flexibility index (Phi) is 12.0. The van der Waals surface area contributed by atoms with E-state index in [2.05, 4.69) is 53.3 Å². The molecule has 0 saturated heterocycles. The number of nitrogens with zero attached hydrogens (tertiary/aromatic N) is 2. The van der Waals surface area contributed by atoms with E-state index in [1.165, 1.54) is 56.2 Å². The Balaban J connectivity index is 1.85. The fraction of sp³-hybridized carbons (Fsp3) is 0.577. The first-order valence-electron chi connectivity index (χ1n) is 11.8. The van der Waals surface area contributed by atoms with Gasteiger partial charge in [0.15, 0.2) is 0 Å². The molecule has 0 amide bonds. The Hall–Kier alpha value is -2.07. The van der Waals surface area contributed by atoms with E-state index >= 15 is 0 Å². The van der Waals surface area contributed by atoms with Crippen LogP contribution >= 0.6 is 0 Å². The third-order valence-corrected chi connectivity index (χ3v) is 5.29. The van der Waals surface area contributed by atoms with Gasteiger partial charge in [-0.15, -0.1) is 0 Å². The van der Waals surface area contributed by atoms with Crippen LogP contribution in [-0.4, -0.2) is 32.4 Å². The molecule has 0 atom stereocenters. The van der Waals surface area contributed by atoms with E-state index in [4.69, 9.17) is 4.42 Å². The summed E-state index contributed by atoms with van der Waals surface area (Å²) in [5.74, 6) is 1.73. The number of rotatable bonds is 16. The van der Waals surface area contributed by atoms with E-state index in [1.807, 2.05) is 25.3 Å². The summed E-state index contributed by atoms with van der Waals surface area (Å²) in [6.45, 7) is 11.7. The highest BCUT2D eigenvalue weighted by Crippen LogP contribution is 2.18. The van der Waals surface area contributed by atoms with Gasteiger partial charge in [-0.25, -0.2) is 0 Å². The van der Waals surface area contributed by atoms with E-state index in [0.29, 0.717) is 6.54 Å². The van der Waals surface area contributed by atoms with Gasteiger partial charge in [-0.05, 0) is 75.5 Å². The molecule has 0 saturated carbocycles. The summed E-state index contributed by atoms with van der Waals surface area (Å²) in [5.41, 5.74) is 2.57. The average molecular weight is 412 g/mol. The molecule has 4 nitrogen and oxygen atoms in total. The predicted molar refractivity (Wildman–Crippen MR) is 130 cm³/mol. The number of nitrogens with one attached hydrogen (secondary N) is 1. The molecule has 0 aliphatic carbocycles. The zero-order valence-corrected chi connectivity index (χ0v) is 19.3. The lowest BCUT2D eigenvalue weighted by Gasteiger charge is -2.25. The number of anilines is 1. The lowest BCUT2D eigenvalue weighted by atomic mass is 10.1. The first-order chi connectivity index (χ1) is 14.7. The molecule has 0 radical (unpaired) electrons. The Labute approximate surface area is 183 Å². The maximum Gasteiger partial charge on any atom is 0.144 e. The summed E-state index contributed by atoms with van der Waals surface area (Å²) in [6.07, 6.45) is 10.7. The van der Waals surface area contributed by atoms with Crippen molar-refractivity contribution in [1.29, 1.82) is 0 Å². The van der Waals surface area contributed by atoms with Gasteiger partial charge in [0.2, 0.25) is 0 Å². The Bertz CT molecular complexity index is 705. The minimum absolute atomic E-state index is 0.680. The fourth-order valence-corrected chi connectivity index (χ4v) is 3.53. The molecule has 1 aromatic heterocycles. The van der Waals surface area contributed by atoms with Gasteiger partial charge in [0.1, 0.15) is 11.5 Å². The number of hydrogen-bond acceptors (Lipinski definition) is 4. The predicted octanol–water partition coefficient (Wildman–Crippen LogP) is 6.37. The van der Waals surface area contributed by atoms with Crippen LogP contribution in [0.1, 0.15) is 75.9 Å². The van der Waals surface area contributed by atoms with Crippen molar-refractivity contribution in [2.75, 3.05) is 31.1 Å². The topological polar surface area (TPSA) is 40.8 Å². The molecule has 4 heteroatoms. The van der Waals surface area contributed by atoms with Gasteiger partial charge in [-0.2, -0.15) is 0 Å². The van der Waals surface area contributed by atoms with Crippen molar-refractivity contribution in [1.82, 2.24) is 5.32 Å². The van der Waals surface area contributed by atoms with Crippen LogP contribution in [0.25, 0.3) is 0 Å². The van der Waals surface area contributed by atoms with Gasteiger partial charge in [0.05, 0.1) is 12.8 Å². The SMILES string of the molecule is CCCCCCN(CCCCNCCC)c1ccc(CN=Cc2ccc(C)o2)cc1. The molecule has 2 rings (SSSR count). The first kappa shape index (κ1) is 24.2. The fourth-order valence-electron chi connectivity index (χ4n) is 3.53. The zero-order chi connectivity index (χ0) is 21.4. The summed E-state index contributed by atoms with van der Waals surface area (Å²) in [5, 5.41) is 3.51. The molecule has 1 aromatic carbocycles. The van der Waals surface area contributed by atoms with Crippen molar-refractivity contribution in [2.24, 2.45) is 4.99 Å². The molecule has 2 aromatic rings. The minimum Gasteiger partial charge on any atom is -0.460 e. The van der Waals surface area contributed by atoms with E-state index in [0.717, 1.165) is 37.7 Å². The molecule has 30 heavy (non-hydrogen) atoms. The Morgan fingerprint density at radius 3 is 2.30 bits per heavy atom. The summed E-state index contributed by atoms with van der Waals surface area (Å²) < 4.78 is 5.53. The highest BCUT2D eigenvalue weighted by molar-refractivity contribution is 5.75. The Morgan fingerprint density at radius 2 is 1.63 bits per heavy atom. The Morgan fingerprint density at radius 1 is 0.867 bits per heavy atom. The summed E-state index contributed by atoms with van der Waals surface area (Å²) in [4.78, 5) is 7.08. The number of hydrogen-bond donors (Lipinski definition) is 1. The third-order valence-electron chi connectivity index (χ3n) is 5.29. The van der Waals surface area contributed by atoms with Crippen molar-refractivity contribution in [3.8, 4) is 0 Å². The number of benzene rings is 1. The maximum atomic E-state index is 5.53. The molecular weight excluding hydrogens is 370 g/mol. The zero-order valence-electron chi connectivity index (χ0n) is 19.3. The lowest BCUT2D eigenvalue weighted by Crippen LogP contribution is -2.26. The molecule has 0 bridgehead atoms. The second-order valence-corrected chi connectivity index (χ2v) is 8.09. The van der Waals surface area contributed by atoms with Crippen molar-refractivity contribution >= 4 is 11.9 Å². The highest BCUT2D eigenvalue weighted by Gasteiger charge is 2.06. The van der Waals surface area contributed by atoms with Gasteiger partial charge >= 0.3 is 0 Å². The van der Waals surface area contributed by atoms with Crippen LogP contribution in [0.2, 0.25) is 0 Å². The van der Waals surface area contributed by atoms with Crippen LogP contribution in [0.5, 0.6) is 0 Å². The first-order valence-corrected chi connectivity index (χ1v) is 11.8. The lowest BCUT2D eigenvalue weighted by molar-refractivity contribution is 0.527.